The molecule has 2 N–H and O–H groups in total. The predicted molar refractivity (Wildman–Crippen MR) is 98.3 cm³/mol. The maximum absolute atomic E-state index is 11.1. The van der Waals surface area contributed by atoms with Crippen molar-refractivity contribution in [3.05, 3.63) is 35.3 Å². The molecule has 0 fully saturated rings. The van der Waals surface area contributed by atoms with Gasteiger partial charge in [-0.15, -0.1) is 0 Å². The number of nitrogens with zero attached hydrogens (tertiary/aromatic N) is 1. The number of amides is 2. The highest BCUT2D eigenvalue weighted by molar-refractivity contribution is 7.13. The Morgan fingerprint density at radius 2 is 1.96 bits per heavy atom. The van der Waals surface area contributed by atoms with Crippen LogP contribution in [0.3, 0.4) is 0 Å². The second-order valence-corrected chi connectivity index (χ2v) is 6.21. The zero-order valence-electron chi connectivity index (χ0n) is 14.7. The molecule has 2 amide bonds. The number of ether oxygens (including phenoxy) is 2. The molecule has 0 aliphatic rings. The monoisotopic (exact) mass is 373 g/mol. The van der Waals surface area contributed by atoms with E-state index in [1.165, 1.54) is 18.3 Å². The molecule has 0 saturated heterocycles. The highest BCUT2D eigenvalue weighted by Gasteiger charge is 2.05. The van der Waals surface area contributed by atoms with Crippen LogP contribution in [0.4, 0.5) is 0 Å². The van der Waals surface area contributed by atoms with Gasteiger partial charge in [0.25, 0.3) is 11.1 Å². The Morgan fingerprint density at radius 1 is 1.27 bits per heavy atom. The lowest BCUT2D eigenvalue weighted by molar-refractivity contribution is -0.122. The third-order valence-electron chi connectivity index (χ3n) is 2.99. The summed E-state index contributed by atoms with van der Waals surface area (Å²) in [4.78, 5) is 27.0. The summed E-state index contributed by atoms with van der Waals surface area (Å²) in [6.45, 7) is 3.22. The largest absolute Gasteiger partial charge is 0.484 e. The van der Waals surface area contributed by atoms with E-state index in [1.54, 1.807) is 44.4 Å². The van der Waals surface area contributed by atoms with E-state index in [2.05, 4.69) is 27.5 Å². The third kappa shape index (κ3) is 6.45. The van der Waals surface area contributed by atoms with E-state index in [0.717, 1.165) is 4.88 Å². The van der Waals surface area contributed by atoms with Gasteiger partial charge in [-0.1, -0.05) is 23.2 Å². The van der Waals surface area contributed by atoms with E-state index in [0.29, 0.717) is 16.7 Å². The molecule has 7 nitrogen and oxygen atoms in total. The van der Waals surface area contributed by atoms with Gasteiger partial charge in [0, 0.05) is 14.0 Å². The lowest BCUT2D eigenvalue weighted by Crippen LogP contribution is -2.28. The molecule has 0 spiro atoms. The Balaban J connectivity index is 1.91. The fourth-order valence-electron chi connectivity index (χ4n) is 1.81. The van der Waals surface area contributed by atoms with Crippen LogP contribution in [0, 0.1) is 11.8 Å². The van der Waals surface area contributed by atoms with E-state index < -0.39 is 0 Å². The minimum Gasteiger partial charge on any atom is -0.484 e. The van der Waals surface area contributed by atoms with Crippen molar-refractivity contribution in [2.45, 2.75) is 19.9 Å². The Kier molecular flexibility index (Phi) is 7.00. The molecule has 0 saturated carbocycles. The number of likely N-dealkylation sites (N-methyl/N-ethyl adjacent to an activating group) is 1. The average Bonchev–Trinajstić information content (AvgIpc) is 3.06. The molecule has 1 heterocycles. The summed E-state index contributed by atoms with van der Waals surface area (Å²) in [7, 11) is 1.55. The first-order valence-corrected chi connectivity index (χ1v) is 8.63. The van der Waals surface area contributed by atoms with Crippen molar-refractivity contribution in [1.29, 1.82) is 0 Å². The molecule has 1 aromatic heterocycles. The summed E-state index contributed by atoms with van der Waals surface area (Å²) in [5.41, 5.74) is 0. The van der Waals surface area contributed by atoms with Crippen molar-refractivity contribution < 1.29 is 19.1 Å². The van der Waals surface area contributed by atoms with Crippen LogP contribution in [0.2, 0.25) is 0 Å². The number of carbonyl (C=O) groups is 2. The molecule has 0 aliphatic carbocycles. The molecule has 0 bridgehead atoms. The van der Waals surface area contributed by atoms with Crippen LogP contribution in [0.1, 0.15) is 18.7 Å². The molecule has 136 valence electrons. The lowest BCUT2D eigenvalue weighted by atomic mass is 10.3. The van der Waals surface area contributed by atoms with Crippen LogP contribution in [-0.4, -0.2) is 36.5 Å². The van der Waals surface area contributed by atoms with Crippen molar-refractivity contribution in [3.63, 3.8) is 0 Å². The number of nitrogens with one attached hydrogen (secondary N) is 2. The number of benzene rings is 1. The van der Waals surface area contributed by atoms with Gasteiger partial charge in [-0.25, -0.2) is 4.98 Å². The van der Waals surface area contributed by atoms with Crippen molar-refractivity contribution >= 4 is 23.2 Å². The van der Waals surface area contributed by atoms with Gasteiger partial charge in [0.1, 0.15) is 16.4 Å². The van der Waals surface area contributed by atoms with Gasteiger partial charge in [0.2, 0.25) is 5.91 Å². The predicted octanol–water partition coefficient (Wildman–Crippen LogP) is 1.94. The second kappa shape index (κ2) is 9.44. The Hall–Kier alpha value is -3.05. The van der Waals surface area contributed by atoms with E-state index >= 15 is 0 Å². The zero-order chi connectivity index (χ0) is 18.9. The highest BCUT2D eigenvalue weighted by atomic mass is 32.1. The van der Waals surface area contributed by atoms with E-state index in [1.807, 2.05) is 0 Å². The minimum atomic E-state index is -0.235. The summed E-state index contributed by atoms with van der Waals surface area (Å²) in [5.74, 6) is 6.72. The summed E-state index contributed by atoms with van der Waals surface area (Å²) in [5, 5.41) is 5.63. The second-order valence-electron chi connectivity index (χ2n) is 5.22. The normalized spacial score (nSPS) is 10.9. The van der Waals surface area contributed by atoms with Crippen LogP contribution in [0.25, 0.3) is 0 Å². The van der Waals surface area contributed by atoms with Gasteiger partial charge < -0.3 is 20.1 Å². The fraction of sp³-hybridized carbons (Fsp3) is 0.278. The first kappa shape index (κ1) is 19.3. The summed E-state index contributed by atoms with van der Waals surface area (Å²) in [6.07, 6.45) is 1.62. The van der Waals surface area contributed by atoms with Crippen molar-refractivity contribution in [3.8, 4) is 28.5 Å². The summed E-state index contributed by atoms with van der Waals surface area (Å²) >= 11 is 1.31. The average molecular weight is 373 g/mol. The van der Waals surface area contributed by atoms with Crippen LogP contribution in [-0.2, 0) is 9.59 Å². The van der Waals surface area contributed by atoms with Crippen LogP contribution >= 0.6 is 11.3 Å². The van der Waals surface area contributed by atoms with E-state index in [-0.39, 0.29) is 24.5 Å². The maximum atomic E-state index is 11.1. The van der Waals surface area contributed by atoms with Crippen molar-refractivity contribution in [1.82, 2.24) is 15.6 Å². The molecule has 0 aliphatic heterocycles. The number of carbonyl (C=O) groups excluding carboxylic acids is 2. The van der Waals surface area contributed by atoms with E-state index in [9.17, 15) is 9.59 Å². The van der Waals surface area contributed by atoms with Crippen LogP contribution in [0.15, 0.2) is 30.5 Å². The third-order valence-corrected chi connectivity index (χ3v) is 3.78. The maximum Gasteiger partial charge on any atom is 0.279 e. The quantitative estimate of drug-likeness (QED) is 0.756. The number of aromatic nitrogens is 1. The van der Waals surface area contributed by atoms with E-state index in [4.69, 9.17) is 9.47 Å². The highest BCUT2D eigenvalue weighted by Crippen LogP contribution is 2.27. The van der Waals surface area contributed by atoms with Crippen LogP contribution in [0.5, 0.6) is 16.7 Å². The molecule has 2 aromatic rings. The Labute approximate surface area is 155 Å². The first-order chi connectivity index (χ1) is 12.5. The first-order valence-electron chi connectivity index (χ1n) is 7.82. The van der Waals surface area contributed by atoms with Crippen molar-refractivity contribution in [2.75, 3.05) is 13.7 Å². The molecule has 2 rings (SSSR count). The fourth-order valence-corrected chi connectivity index (χ4v) is 2.46. The molecule has 1 atom stereocenters. The molecule has 1 aromatic carbocycles. The van der Waals surface area contributed by atoms with Gasteiger partial charge in [0.15, 0.2) is 6.61 Å². The van der Waals surface area contributed by atoms with Gasteiger partial charge >= 0.3 is 0 Å². The Morgan fingerprint density at radius 3 is 2.62 bits per heavy atom. The molecule has 8 heteroatoms. The molecular formula is C18H19N3O4S. The number of thiazole rings is 1. The van der Waals surface area contributed by atoms with Gasteiger partial charge in [0.05, 0.1) is 12.2 Å². The SMILES string of the molecule is CNC(=O)COc1ccc(Oc2ncc(C#CC(C)NC(C)=O)s2)cc1. The van der Waals surface area contributed by atoms with Gasteiger partial charge in [-0.05, 0) is 31.2 Å². The molecule has 26 heavy (non-hydrogen) atoms. The topological polar surface area (TPSA) is 89.6 Å². The molecular weight excluding hydrogens is 354 g/mol. The Bertz CT molecular complexity index is 821. The smallest absolute Gasteiger partial charge is 0.279 e. The lowest BCUT2D eigenvalue weighted by Gasteiger charge is -2.06. The number of rotatable bonds is 6. The van der Waals surface area contributed by atoms with Gasteiger partial charge in [-0.2, -0.15) is 0 Å². The molecule has 0 radical (unpaired) electrons. The minimum absolute atomic E-state index is 0.0396. The number of hydrogen-bond acceptors (Lipinski definition) is 6. The van der Waals surface area contributed by atoms with Crippen molar-refractivity contribution in [2.24, 2.45) is 0 Å². The number of hydrogen-bond donors (Lipinski definition) is 2. The van der Waals surface area contributed by atoms with Crippen LogP contribution < -0.4 is 20.1 Å². The summed E-state index contributed by atoms with van der Waals surface area (Å²) in [6, 6.07) is 6.64. The zero-order valence-corrected chi connectivity index (χ0v) is 15.5. The summed E-state index contributed by atoms with van der Waals surface area (Å²) < 4.78 is 11.0. The standard InChI is InChI=1S/C18H19N3O4S/c1-12(21-13(2)22)4-9-16-10-20-18(26-16)25-15-7-5-14(6-8-15)24-11-17(23)19-3/h5-8,10,12H,11H2,1-3H3,(H,19,23)(H,21,22). The van der Waals surface area contributed by atoms with Gasteiger partial charge in [-0.3, -0.25) is 9.59 Å². The molecule has 1 unspecified atom stereocenters.